The number of hydrogen-bond donors (Lipinski definition) is 1. The van der Waals surface area contributed by atoms with E-state index >= 15 is 0 Å². The Morgan fingerprint density at radius 2 is 2.03 bits per heavy atom. The Morgan fingerprint density at radius 1 is 1.21 bits per heavy atom. The largest absolute Gasteiger partial charge is 0.467 e. The summed E-state index contributed by atoms with van der Waals surface area (Å²) in [6.45, 7) is 11.8. The molecule has 2 heterocycles. The van der Waals surface area contributed by atoms with E-state index in [-0.39, 0.29) is 0 Å². The summed E-state index contributed by atoms with van der Waals surface area (Å²) in [5.74, 6) is 0.775. The molecule has 1 aliphatic heterocycles. The van der Waals surface area contributed by atoms with E-state index in [0.29, 0.717) is 19.8 Å². The first-order valence-electron chi connectivity index (χ1n) is 10.5. The first-order chi connectivity index (χ1) is 14.1. The number of benzene rings is 1. The number of rotatable bonds is 11. The van der Waals surface area contributed by atoms with Crippen molar-refractivity contribution in [2.45, 2.75) is 33.1 Å². The zero-order chi connectivity index (χ0) is 20.5. The van der Waals surface area contributed by atoms with Crippen LogP contribution in [0.15, 0.2) is 41.0 Å². The van der Waals surface area contributed by atoms with Gasteiger partial charge >= 0.3 is 0 Å². The summed E-state index contributed by atoms with van der Waals surface area (Å²) < 4.78 is 16.3. The van der Waals surface area contributed by atoms with Gasteiger partial charge in [-0.15, -0.1) is 0 Å². The van der Waals surface area contributed by atoms with Crippen LogP contribution in [-0.2, 0) is 22.6 Å². The molecule has 1 saturated heterocycles. The van der Waals surface area contributed by atoms with Gasteiger partial charge in [-0.3, -0.25) is 9.80 Å². The summed E-state index contributed by atoms with van der Waals surface area (Å²) in [5.41, 5.74) is 3.88. The predicted molar refractivity (Wildman–Crippen MR) is 113 cm³/mol. The molecule has 0 bridgehead atoms. The zero-order valence-corrected chi connectivity index (χ0v) is 17.7. The molecule has 29 heavy (non-hydrogen) atoms. The van der Waals surface area contributed by atoms with E-state index in [1.165, 1.54) is 16.7 Å². The Bertz CT molecular complexity index is 714. The molecule has 2 aromatic rings. The second-order valence-electron chi connectivity index (χ2n) is 7.87. The van der Waals surface area contributed by atoms with Crippen LogP contribution < -0.4 is 0 Å². The van der Waals surface area contributed by atoms with Gasteiger partial charge in [0.2, 0.25) is 0 Å². The third kappa shape index (κ3) is 7.57. The second-order valence-corrected chi connectivity index (χ2v) is 7.87. The van der Waals surface area contributed by atoms with Gasteiger partial charge in [0, 0.05) is 39.3 Å². The topological polar surface area (TPSA) is 58.3 Å². The molecule has 1 unspecified atom stereocenters. The van der Waals surface area contributed by atoms with Crippen LogP contribution in [0.4, 0.5) is 0 Å². The van der Waals surface area contributed by atoms with Crippen molar-refractivity contribution in [3.05, 3.63) is 59.0 Å². The number of hydrogen-bond acceptors (Lipinski definition) is 6. The number of morpholine rings is 1. The monoisotopic (exact) mass is 402 g/mol. The lowest BCUT2D eigenvalue weighted by atomic mass is 10.1. The fraction of sp³-hybridized carbons (Fsp3) is 0.565. The van der Waals surface area contributed by atoms with Crippen molar-refractivity contribution in [3.63, 3.8) is 0 Å². The average molecular weight is 403 g/mol. The van der Waals surface area contributed by atoms with Crippen LogP contribution in [0.5, 0.6) is 0 Å². The lowest BCUT2D eigenvalue weighted by Crippen LogP contribution is -2.43. The minimum Gasteiger partial charge on any atom is -0.467 e. The van der Waals surface area contributed by atoms with Gasteiger partial charge in [-0.1, -0.05) is 23.8 Å². The highest BCUT2D eigenvalue weighted by molar-refractivity contribution is 5.30. The molecule has 0 radical (unpaired) electrons. The maximum absolute atomic E-state index is 10.5. The van der Waals surface area contributed by atoms with Crippen molar-refractivity contribution in [3.8, 4) is 0 Å². The van der Waals surface area contributed by atoms with Gasteiger partial charge in [-0.05, 0) is 37.1 Å². The highest BCUT2D eigenvalue weighted by Crippen LogP contribution is 2.14. The summed E-state index contributed by atoms with van der Waals surface area (Å²) in [5, 5.41) is 10.5. The van der Waals surface area contributed by atoms with Gasteiger partial charge in [-0.2, -0.15) is 0 Å². The molecule has 0 aliphatic carbocycles. The van der Waals surface area contributed by atoms with Gasteiger partial charge in [0.1, 0.15) is 12.4 Å². The molecule has 6 heteroatoms. The van der Waals surface area contributed by atoms with E-state index in [0.717, 1.165) is 51.7 Å². The molecule has 0 saturated carbocycles. The molecule has 1 aromatic heterocycles. The number of furan rings is 1. The van der Waals surface area contributed by atoms with Crippen LogP contribution in [-0.4, -0.2) is 73.6 Å². The first-order valence-corrected chi connectivity index (χ1v) is 10.5. The molecule has 0 amide bonds. The van der Waals surface area contributed by atoms with E-state index in [4.69, 9.17) is 13.9 Å². The standard InChI is InChI=1S/C23H34N2O4/c1-19-5-6-21(20(2)14-19)15-25(8-7-24-9-12-27-13-10-24)16-22(26)17-28-18-23-4-3-11-29-23/h3-6,11,14,22,26H,7-10,12-13,15-18H2,1-2H3. The van der Waals surface area contributed by atoms with Crippen LogP contribution >= 0.6 is 0 Å². The third-order valence-electron chi connectivity index (χ3n) is 5.33. The van der Waals surface area contributed by atoms with E-state index in [1.807, 2.05) is 12.1 Å². The highest BCUT2D eigenvalue weighted by atomic mass is 16.5. The number of aliphatic hydroxyl groups is 1. The van der Waals surface area contributed by atoms with Crippen LogP contribution in [0, 0.1) is 13.8 Å². The maximum Gasteiger partial charge on any atom is 0.129 e. The third-order valence-corrected chi connectivity index (χ3v) is 5.33. The van der Waals surface area contributed by atoms with E-state index in [1.54, 1.807) is 6.26 Å². The van der Waals surface area contributed by atoms with Crippen molar-refractivity contribution in [2.24, 2.45) is 0 Å². The molecule has 6 nitrogen and oxygen atoms in total. The minimum absolute atomic E-state index is 0.293. The van der Waals surface area contributed by atoms with Crippen molar-refractivity contribution >= 4 is 0 Å². The minimum atomic E-state index is -0.541. The van der Waals surface area contributed by atoms with E-state index in [9.17, 15) is 5.11 Å². The molecule has 1 aliphatic rings. The fourth-order valence-corrected chi connectivity index (χ4v) is 3.65. The Hall–Kier alpha value is -1.70. The fourth-order valence-electron chi connectivity index (χ4n) is 3.65. The smallest absolute Gasteiger partial charge is 0.129 e. The molecule has 1 N–H and O–H groups in total. The summed E-state index contributed by atoms with van der Waals surface area (Å²) in [6.07, 6.45) is 1.09. The van der Waals surface area contributed by atoms with Gasteiger partial charge in [0.15, 0.2) is 0 Å². The Morgan fingerprint density at radius 3 is 2.76 bits per heavy atom. The molecule has 1 aromatic carbocycles. The van der Waals surface area contributed by atoms with Crippen molar-refractivity contribution < 1.29 is 19.0 Å². The van der Waals surface area contributed by atoms with Crippen LogP contribution in [0.25, 0.3) is 0 Å². The number of ether oxygens (including phenoxy) is 2. The summed E-state index contributed by atoms with van der Waals surface area (Å²) in [6, 6.07) is 10.3. The molecule has 1 fully saturated rings. The van der Waals surface area contributed by atoms with Gasteiger partial charge < -0.3 is 19.0 Å². The Kier molecular flexibility index (Phi) is 8.70. The summed E-state index contributed by atoms with van der Waals surface area (Å²) in [4.78, 5) is 4.76. The lowest BCUT2D eigenvalue weighted by Gasteiger charge is -2.31. The molecule has 1 atom stereocenters. The average Bonchev–Trinajstić information content (AvgIpc) is 3.22. The summed E-state index contributed by atoms with van der Waals surface area (Å²) >= 11 is 0. The van der Waals surface area contributed by atoms with E-state index < -0.39 is 6.10 Å². The number of aliphatic hydroxyl groups excluding tert-OH is 1. The van der Waals surface area contributed by atoms with Crippen molar-refractivity contribution in [2.75, 3.05) is 52.5 Å². The highest BCUT2D eigenvalue weighted by Gasteiger charge is 2.17. The Balaban J connectivity index is 1.53. The second kappa shape index (κ2) is 11.5. The van der Waals surface area contributed by atoms with Crippen LogP contribution in [0.1, 0.15) is 22.5 Å². The Labute approximate surface area is 174 Å². The first kappa shape index (κ1) is 22.0. The molecule has 160 valence electrons. The number of nitrogens with zero attached hydrogens (tertiary/aromatic N) is 2. The van der Waals surface area contributed by atoms with Crippen molar-refractivity contribution in [1.82, 2.24) is 9.80 Å². The van der Waals surface area contributed by atoms with E-state index in [2.05, 4.69) is 41.8 Å². The molecular weight excluding hydrogens is 368 g/mol. The molecule has 3 rings (SSSR count). The van der Waals surface area contributed by atoms with Gasteiger partial charge in [0.25, 0.3) is 0 Å². The quantitative estimate of drug-likeness (QED) is 0.624. The van der Waals surface area contributed by atoms with Crippen LogP contribution in [0.3, 0.4) is 0 Å². The van der Waals surface area contributed by atoms with Crippen LogP contribution in [0.2, 0.25) is 0 Å². The number of aryl methyl sites for hydroxylation is 2. The molecule has 0 spiro atoms. The zero-order valence-electron chi connectivity index (χ0n) is 17.7. The lowest BCUT2D eigenvalue weighted by molar-refractivity contribution is -0.00155. The predicted octanol–water partition coefficient (Wildman–Crippen LogP) is 2.61. The summed E-state index contributed by atoms with van der Waals surface area (Å²) in [7, 11) is 0. The SMILES string of the molecule is Cc1ccc(CN(CCN2CCOCC2)CC(O)COCc2ccco2)c(C)c1. The molecular formula is C23H34N2O4. The maximum atomic E-state index is 10.5. The van der Waals surface area contributed by atoms with Crippen molar-refractivity contribution in [1.29, 1.82) is 0 Å². The van der Waals surface area contributed by atoms with Gasteiger partial charge in [-0.25, -0.2) is 0 Å². The van der Waals surface area contributed by atoms with Gasteiger partial charge in [0.05, 0.1) is 32.2 Å². The normalized spacial score (nSPS) is 16.4.